The van der Waals surface area contributed by atoms with Gasteiger partial charge in [0.05, 0.1) is 24.9 Å². The predicted molar refractivity (Wildman–Crippen MR) is 56.3 cm³/mol. The number of benzene rings is 1. The van der Waals surface area contributed by atoms with Gasteiger partial charge in [-0.25, -0.2) is 0 Å². The van der Waals surface area contributed by atoms with E-state index in [4.69, 9.17) is 15.6 Å². The Labute approximate surface area is 97.0 Å². The van der Waals surface area contributed by atoms with Crippen LogP contribution in [0.5, 0.6) is 0 Å². The molecule has 0 fully saturated rings. The van der Waals surface area contributed by atoms with Gasteiger partial charge in [-0.1, -0.05) is 18.2 Å². The fraction of sp³-hybridized carbons (Fsp3) is 0.455. The maximum absolute atomic E-state index is 12.7. The lowest BCUT2D eigenvalue weighted by atomic mass is 10.0. The number of hydrogen-bond acceptors (Lipinski definition) is 3. The molecule has 3 N–H and O–H groups in total. The van der Waals surface area contributed by atoms with Gasteiger partial charge in [-0.2, -0.15) is 13.2 Å². The molecule has 6 heteroatoms. The number of aliphatic hydroxyl groups excluding tert-OH is 1. The molecular formula is C11H14F3NO2. The average molecular weight is 249 g/mol. The fourth-order valence-electron chi connectivity index (χ4n) is 1.52. The number of halogens is 3. The summed E-state index contributed by atoms with van der Waals surface area (Å²) in [7, 11) is 0. The second-order valence-electron chi connectivity index (χ2n) is 3.40. The Kier molecular flexibility index (Phi) is 4.92. The van der Waals surface area contributed by atoms with Crippen LogP contribution in [0.2, 0.25) is 0 Å². The van der Waals surface area contributed by atoms with Gasteiger partial charge in [0.25, 0.3) is 0 Å². The van der Waals surface area contributed by atoms with Crippen LogP contribution in [0.1, 0.15) is 17.2 Å². The molecule has 17 heavy (non-hydrogen) atoms. The van der Waals surface area contributed by atoms with Gasteiger partial charge in [0.2, 0.25) is 0 Å². The second-order valence-corrected chi connectivity index (χ2v) is 3.40. The lowest BCUT2D eigenvalue weighted by Gasteiger charge is -2.20. The number of alkyl halides is 3. The van der Waals surface area contributed by atoms with E-state index in [-0.39, 0.29) is 25.3 Å². The summed E-state index contributed by atoms with van der Waals surface area (Å²) in [6.07, 6.45) is -5.30. The van der Waals surface area contributed by atoms with Gasteiger partial charge >= 0.3 is 6.18 Å². The first-order valence-corrected chi connectivity index (χ1v) is 5.09. The minimum Gasteiger partial charge on any atom is -0.394 e. The molecule has 0 aliphatic rings. The van der Waals surface area contributed by atoms with E-state index < -0.39 is 17.8 Å². The molecule has 0 spiro atoms. The van der Waals surface area contributed by atoms with Crippen LogP contribution < -0.4 is 5.73 Å². The van der Waals surface area contributed by atoms with Crippen LogP contribution in [0.25, 0.3) is 0 Å². The summed E-state index contributed by atoms with van der Waals surface area (Å²) >= 11 is 0. The Bertz CT molecular complexity index is 355. The molecule has 0 radical (unpaired) electrons. The van der Waals surface area contributed by atoms with Crippen molar-refractivity contribution < 1.29 is 23.0 Å². The van der Waals surface area contributed by atoms with Crippen molar-refractivity contribution in [3.05, 3.63) is 35.4 Å². The van der Waals surface area contributed by atoms with Crippen LogP contribution >= 0.6 is 0 Å². The minimum atomic E-state index is -4.44. The quantitative estimate of drug-likeness (QED) is 0.835. The third kappa shape index (κ3) is 3.69. The third-order valence-electron chi connectivity index (χ3n) is 2.24. The predicted octanol–water partition coefficient (Wildman–Crippen LogP) is 1.71. The number of nitrogens with two attached hydrogens (primary N) is 1. The monoisotopic (exact) mass is 249 g/mol. The molecular weight excluding hydrogens is 235 g/mol. The highest BCUT2D eigenvalue weighted by molar-refractivity contribution is 5.31. The van der Waals surface area contributed by atoms with Crippen molar-refractivity contribution in [2.75, 3.05) is 19.8 Å². The Morgan fingerprint density at radius 3 is 2.47 bits per heavy atom. The van der Waals surface area contributed by atoms with Crippen molar-refractivity contribution in [3.8, 4) is 0 Å². The number of aliphatic hydroxyl groups is 1. The van der Waals surface area contributed by atoms with E-state index in [0.717, 1.165) is 6.07 Å². The van der Waals surface area contributed by atoms with E-state index in [2.05, 4.69) is 0 Å². The van der Waals surface area contributed by atoms with Crippen LogP contribution in [0.3, 0.4) is 0 Å². The highest BCUT2D eigenvalue weighted by Gasteiger charge is 2.34. The van der Waals surface area contributed by atoms with E-state index in [1.54, 1.807) is 0 Å². The van der Waals surface area contributed by atoms with Crippen molar-refractivity contribution >= 4 is 0 Å². The van der Waals surface area contributed by atoms with Crippen molar-refractivity contribution in [3.63, 3.8) is 0 Å². The summed E-state index contributed by atoms with van der Waals surface area (Å²) < 4.78 is 43.3. The van der Waals surface area contributed by atoms with Crippen LogP contribution in [-0.2, 0) is 10.9 Å². The number of hydrogen-bond donors (Lipinski definition) is 2. The lowest BCUT2D eigenvalue weighted by molar-refractivity contribution is -0.139. The molecule has 0 saturated heterocycles. The normalized spacial score (nSPS) is 13.7. The molecule has 0 aliphatic heterocycles. The van der Waals surface area contributed by atoms with Crippen LogP contribution in [0.4, 0.5) is 13.2 Å². The van der Waals surface area contributed by atoms with Crippen LogP contribution in [0, 0.1) is 0 Å². The van der Waals surface area contributed by atoms with Crippen molar-refractivity contribution in [1.82, 2.24) is 0 Å². The zero-order chi connectivity index (χ0) is 12.9. The Balaban J connectivity index is 3.02. The number of rotatable bonds is 5. The Morgan fingerprint density at radius 2 is 1.94 bits per heavy atom. The van der Waals surface area contributed by atoms with Gasteiger partial charge in [-0.05, 0) is 11.6 Å². The van der Waals surface area contributed by atoms with E-state index in [9.17, 15) is 13.2 Å². The smallest absolute Gasteiger partial charge is 0.394 e. The lowest BCUT2D eigenvalue weighted by Crippen LogP contribution is -2.21. The van der Waals surface area contributed by atoms with Gasteiger partial charge in [-0.3, -0.25) is 0 Å². The van der Waals surface area contributed by atoms with Gasteiger partial charge < -0.3 is 15.6 Å². The molecule has 1 atom stereocenters. The highest BCUT2D eigenvalue weighted by Crippen LogP contribution is 2.35. The van der Waals surface area contributed by atoms with Crippen molar-refractivity contribution in [2.24, 2.45) is 5.73 Å². The first-order valence-electron chi connectivity index (χ1n) is 5.09. The van der Waals surface area contributed by atoms with E-state index in [0.29, 0.717) is 0 Å². The second kappa shape index (κ2) is 6.00. The fourth-order valence-corrected chi connectivity index (χ4v) is 1.52. The van der Waals surface area contributed by atoms with Gasteiger partial charge in [-0.15, -0.1) is 0 Å². The molecule has 0 heterocycles. The molecule has 3 nitrogen and oxygen atoms in total. The van der Waals surface area contributed by atoms with Crippen molar-refractivity contribution in [1.29, 1.82) is 0 Å². The number of ether oxygens (including phenoxy) is 1. The molecule has 1 aromatic carbocycles. The van der Waals surface area contributed by atoms with E-state index >= 15 is 0 Å². The summed E-state index contributed by atoms with van der Waals surface area (Å²) in [5, 5.41) is 8.60. The minimum absolute atomic E-state index is 0.00375. The standard InChI is InChI=1S/C11H14F3NO2/c12-11(13,14)9-4-2-1-3-8(9)10(7-15)17-6-5-16/h1-4,10,16H,5-7,15H2. The highest BCUT2D eigenvalue weighted by atomic mass is 19.4. The molecule has 0 saturated carbocycles. The van der Waals surface area contributed by atoms with E-state index in [1.807, 2.05) is 0 Å². The molecule has 1 unspecified atom stereocenters. The zero-order valence-corrected chi connectivity index (χ0v) is 9.07. The van der Waals surface area contributed by atoms with E-state index in [1.165, 1.54) is 18.2 Å². The summed E-state index contributed by atoms with van der Waals surface area (Å²) in [5.41, 5.74) is 4.62. The summed E-state index contributed by atoms with van der Waals surface area (Å²) in [4.78, 5) is 0. The van der Waals surface area contributed by atoms with Gasteiger partial charge in [0, 0.05) is 6.54 Å². The maximum Gasteiger partial charge on any atom is 0.416 e. The summed E-state index contributed by atoms with van der Waals surface area (Å²) in [6.45, 7) is -0.383. The van der Waals surface area contributed by atoms with Crippen LogP contribution in [-0.4, -0.2) is 24.9 Å². The Morgan fingerprint density at radius 1 is 1.29 bits per heavy atom. The SMILES string of the molecule is NCC(OCCO)c1ccccc1C(F)(F)F. The van der Waals surface area contributed by atoms with Crippen LogP contribution in [0.15, 0.2) is 24.3 Å². The average Bonchev–Trinajstić information content (AvgIpc) is 2.29. The first-order chi connectivity index (χ1) is 8.00. The molecule has 1 rings (SSSR count). The zero-order valence-electron chi connectivity index (χ0n) is 9.07. The van der Waals surface area contributed by atoms with Crippen molar-refractivity contribution in [2.45, 2.75) is 12.3 Å². The summed E-state index contributed by atoms with van der Waals surface area (Å²) in [5.74, 6) is 0. The maximum atomic E-state index is 12.7. The topological polar surface area (TPSA) is 55.5 Å². The Hall–Kier alpha value is -1.11. The third-order valence-corrected chi connectivity index (χ3v) is 2.24. The molecule has 0 bridgehead atoms. The van der Waals surface area contributed by atoms with Gasteiger partial charge in [0.15, 0.2) is 0 Å². The first kappa shape index (κ1) is 14.0. The molecule has 96 valence electrons. The summed E-state index contributed by atoms with van der Waals surface area (Å²) in [6, 6.07) is 5.12. The van der Waals surface area contributed by atoms with Gasteiger partial charge in [0.1, 0.15) is 0 Å². The molecule has 0 amide bonds. The largest absolute Gasteiger partial charge is 0.416 e. The molecule has 0 aromatic heterocycles. The molecule has 0 aliphatic carbocycles. The molecule has 1 aromatic rings.